The van der Waals surface area contributed by atoms with Gasteiger partial charge in [-0.05, 0) is 24.6 Å². The summed E-state index contributed by atoms with van der Waals surface area (Å²) in [6.45, 7) is 3.19. The Labute approximate surface area is 125 Å². The van der Waals surface area contributed by atoms with Crippen molar-refractivity contribution in [2.24, 2.45) is 4.99 Å². The number of nitrogens with zero attached hydrogens (tertiary/aromatic N) is 4. The second-order valence-electron chi connectivity index (χ2n) is 5.07. The lowest BCUT2D eigenvalue weighted by Gasteiger charge is -2.38. The van der Waals surface area contributed by atoms with Gasteiger partial charge >= 0.3 is 0 Å². The topological polar surface area (TPSA) is 41.0 Å². The molecular formula is C16H20N4O. The van der Waals surface area contributed by atoms with Gasteiger partial charge in [0, 0.05) is 30.7 Å². The van der Waals surface area contributed by atoms with Gasteiger partial charge in [0.1, 0.15) is 17.6 Å². The van der Waals surface area contributed by atoms with E-state index in [0.29, 0.717) is 0 Å². The highest BCUT2D eigenvalue weighted by Gasteiger charge is 2.32. The van der Waals surface area contributed by atoms with Gasteiger partial charge in [0.2, 0.25) is 0 Å². The van der Waals surface area contributed by atoms with Crippen LogP contribution in [-0.4, -0.2) is 34.9 Å². The molecule has 0 fully saturated rings. The molecule has 0 aliphatic carbocycles. The zero-order chi connectivity index (χ0) is 14.7. The number of fused-ring (bicyclic) bond motifs is 1. The van der Waals surface area contributed by atoms with Crippen molar-refractivity contribution in [3.63, 3.8) is 0 Å². The lowest BCUT2D eigenvalue weighted by molar-refractivity contribution is 0.0429. The number of rotatable bonds is 5. The average molecular weight is 284 g/mol. The molecular weight excluding hydrogens is 264 g/mol. The van der Waals surface area contributed by atoms with Crippen LogP contribution in [0.5, 0.6) is 5.75 Å². The molecule has 2 aliphatic heterocycles. The van der Waals surface area contributed by atoms with Crippen molar-refractivity contribution in [2.45, 2.75) is 25.8 Å². The number of ether oxygens (including phenoxy) is 1. The predicted molar refractivity (Wildman–Crippen MR) is 82.7 cm³/mol. The standard InChI is InChI=1S/C16H20N4O/c1-3-4-9-19-10-5-6-16-18-11-14(20(16)19)13-7-8-17-12-15(13)21-2/h5-8,10-12,14H,3-4,9H2,1-2H3. The smallest absolute Gasteiger partial charge is 0.147 e. The lowest BCUT2D eigenvalue weighted by atomic mass is 10.1. The molecule has 0 saturated carbocycles. The molecule has 1 atom stereocenters. The molecule has 1 aromatic rings. The second kappa shape index (κ2) is 5.99. The molecule has 5 nitrogen and oxygen atoms in total. The first-order valence-corrected chi connectivity index (χ1v) is 7.31. The zero-order valence-corrected chi connectivity index (χ0v) is 12.4. The molecule has 21 heavy (non-hydrogen) atoms. The van der Waals surface area contributed by atoms with Crippen LogP contribution in [0.2, 0.25) is 0 Å². The normalized spacial score (nSPS) is 19.7. The second-order valence-corrected chi connectivity index (χ2v) is 5.07. The van der Waals surface area contributed by atoms with Crippen molar-refractivity contribution in [3.05, 3.63) is 48.2 Å². The van der Waals surface area contributed by atoms with Gasteiger partial charge in [0.05, 0.1) is 13.3 Å². The Morgan fingerprint density at radius 3 is 3.10 bits per heavy atom. The first-order chi connectivity index (χ1) is 10.3. The summed E-state index contributed by atoms with van der Waals surface area (Å²) in [5.41, 5.74) is 1.08. The van der Waals surface area contributed by atoms with Crippen molar-refractivity contribution in [1.29, 1.82) is 0 Å². The third-order valence-corrected chi connectivity index (χ3v) is 3.72. The van der Waals surface area contributed by atoms with Gasteiger partial charge in [-0.1, -0.05) is 13.3 Å². The van der Waals surface area contributed by atoms with Crippen molar-refractivity contribution < 1.29 is 4.74 Å². The van der Waals surface area contributed by atoms with Gasteiger partial charge in [-0.25, -0.2) is 4.99 Å². The maximum absolute atomic E-state index is 5.45. The average Bonchev–Trinajstić information content (AvgIpc) is 2.97. The van der Waals surface area contributed by atoms with Gasteiger partial charge in [-0.2, -0.15) is 0 Å². The van der Waals surface area contributed by atoms with Gasteiger partial charge in [-0.15, -0.1) is 0 Å². The fraction of sp³-hybridized carbons (Fsp3) is 0.375. The van der Waals surface area contributed by atoms with E-state index in [4.69, 9.17) is 4.74 Å². The fourth-order valence-corrected chi connectivity index (χ4v) is 2.64. The van der Waals surface area contributed by atoms with E-state index in [1.807, 2.05) is 24.4 Å². The van der Waals surface area contributed by atoms with Gasteiger partial charge in [-0.3, -0.25) is 15.0 Å². The quantitative estimate of drug-likeness (QED) is 0.833. The number of pyridine rings is 1. The van der Waals surface area contributed by atoms with Crippen LogP contribution in [0, 0.1) is 0 Å². The lowest BCUT2D eigenvalue weighted by Crippen LogP contribution is -2.40. The minimum atomic E-state index is 0.0519. The maximum Gasteiger partial charge on any atom is 0.147 e. The highest BCUT2D eigenvalue weighted by atomic mass is 16.5. The molecule has 0 bridgehead atoms. The van der Waals surface area contributed by atoms with Crippen LogP contribution in [-0.2, 0) is 0 Å². The molecule has 0 N–H and O–H groups in total. The van der Waals surface area contributed by atoms with Crippen LogP contribution in [0.15, 0.2) is 47.6 Å². The molecule has 0 amide bonds. The molecule has 0 aromatic carbocycles. The van der Waals surface area contributed by atoms with Gasteiger partial charge in [0.25, 0.3) is 0 Å². The predicted octanol–water partition coefficient (Wildman–Crippen LogP) is 2.90. The first-order valence-electron chi connectivity index (χ1n) is 7.31. The van der Waals surface area contributed by atoms with E-state index >= 15 is 0 Å². The number of aromatic nitrogens is 1. The zero-order valence-electron chi connectivity index (χ0n) is 12.4. The maximum atomic E-state index is 5.45. The number of aliphatic imine (C=N–C) groups is 1. The summed E-state index contributed by atoms with van der Waals surface area (Å²) in [4.78, 5) is 8.67. The third kappa shape index (κ3) is 2.51. The van der Waals surface area contributed by atoms with E-state index in [0.717, 1.165) is 30.1 Å². The molecule has 2 aliphatic rings. The number of hydrogen-bond acceptors (Lipinski definition) is 5. The van der Waals surface area contributed by atoms with Crippen molar-refractivity contribution in [1.82, 2.24) is 15.0 Å². The van der Waals surface area contributed by atoms with E-state index in [1.54, 1.807) is 19.5 Å². The van der Waals surface area contributed by atoms with Crippen LogP contribution in [0.25, 0.3) is 0 Å². The highest BCUT2D eigenvalue weighted by Crippen LogP contribution is 2.36. The van der Waals surface area contributed by atoms with E-state index in [-0.39, 0.29) is 6.04 Å². The Kier molecular flexibility index (Phi) is 3.90. The van der Waals surface area contributed by atoms with Crippen LogP contribution in [0.1, 0.15) is 31.4 Å². The minimum Gasteiger partial charge on any atom is -0.495 e. The number of hydrazine groups is 1. The summed E-state index contributed by atoms with van der Waals surface area (Å²) >= 11 is 0. The Morgan fingerprint density at radius 1 is 1.38 bits per heavy atom. The van der Waals surface area contributed by atoms with E-state index in [1.165, 1.54) is 6.42 Å². The van der Waals surface area contributed by atoms with Crippen molar-refractivity contribution >= 4 is 6.21 Å². The molecule has 110 valence electrons. The molecule has 0 spiro atoms. The molecule has 1 aromatic heterocycles. The summed E-state index contributed by atoms with van der Waals surface area (Å²) in [6, 6.07) is 2.05. The van der Waals surface area contributed by atoms with E-state index in [9.17, 15) is 0 Å². The number of methoxy groups -OCH3 is 1. The van der Waals surface area contributed by atoms with E-state index in [2.05, 4.69) is 33.1 Å². The summed E-state index contributed by atoms with van der Waals surface area (Å²) < 4.78 is 5.45. The van der Waals surface area contributed by atoms with Crippen molar-refractivity contribution in [3.8, 4) is 5.75 Å². The largest absolute Gasteiger partial charge is 0.495 e. The van der Waals surface area contributed by atoms with Gasteiger partial charge < -0.3 is 4.74 Å². The summed E-state index contributed by atoms with van der Waals surface area (Å²) in [6.07, 6.45) is 14.0. The summed E-state index contributed by atoms with van der Waals surface area (Å²) in [5, 5.41) is 4.45. The highest BCUT2D eigenvalue weighted by molar-refractivity contribution is 5.73. The Bertz CT molecular complexity index is 594. The molecule has 0 saturated heterocycles. The SMILES string of the molecule is CCCCN1C=CC=C2N=CC(c3ccncc3OC)N21. The number of hydrogen-bond donors (Lipinski definition) is 0. The molecule has 1 unspecified atom stereocenters. The minimum absolute atomic E-state index is 0.0519. The number of unbranched alkanes of at least 4 members (excludes halogenated alkanes) is 1. The summed E-state index contributed by atoms with van der Waals surface area (Å²) in [7, 11) is 1.67. The molecule has 0 radical (unpaired) electrons. The Balaban J connectivity index is 1.91. The summed E-state index contributed by atoms with van der Waals surface area (Å²) in [5.74, 6) is 1.76. The van der Waals surface area contributed by atoms with Crippen LogP contribution >= 0.6 is 0 Å². The monoisotopic (exact) mass is 284 g/mol. The van der Waals surface area contributed by atoms with Gasteiger partial charge in [0.15, 0.2) is 0 Å². The first kappa shape index (κ1) is 13.7. The third-order valence-electron chi connectivity index (χ3n) is 3.72. The van der Waals surface area contributed by atoms with Crippen LogP contribution in [0.3, 0.4) is 0 Å². The van der Waals surface area contributed by atoms with E-state index < -0.39 is 0 Å². The molecule has 3 rings (SSSR count). The van der Waals surface area contributed by atoms with Crippen LogP contribution in [0.4, 0.5) is 0 Å². The fourth-order valence-electron chi connectivity index (χ4n) is 2.64. The van der Waals surface area contributed by atoms with Crippen molar-refractivity contribution in [2.75, 3.05) is 13.7 Å². The molecule has 5 heteroatoms. The number of allylic oxidation sites excluding steroid dienone is 2. The van der Waals surface area contributed by atoms with Crippen LogP contribution < -0.4 is 4.74 Å². The Morgan fingerprint density at radius 2 is 2.29 bits per heavy atom. The molecule has 3 heterocycles. The Hall–Kier alpha value is -2.30.